The lowest BCUT2D eigenvalue weighted by atomic mass is 9.79. The third-order valence-electron chi connectivity index (χ3n) is 3.30. The lowest BCUT2D eigenvalue weighted by Gasteiger charge is -2.29. The number of aliphatic hydroxyl groups is 1. The molecule has 84 valence electrons. The second kappa shape index (κ2) is 4.98. The molecule has 0 aromatic carbocycles. The molecule has 1 saturated carbocycles. The molecule has 1 aliphatic rings. The van der Waals surface area contributed by atoms with Gasteiger partial charge in [0, 0.05) is 14.7 Å². The molecule has 1 aromatic heterocycles. The molecule has 15 heavy (non-hydrogen) atoms. The maximum Gasteiger partial charge on any atom is 0.0910 e. The van der Waals surface area contributed by atoms with Crippen molar-refractivity contribution in [3.63, 3.8) is 0 Å². The van der Waals surface area contributed by atoms with Crippen LogP contribution in [0.15, 0.2) is 15.9 Å². The number of rotatable bonds is 2. The number of hydrogen-bond donors (Lipinski definition) is 1. The summed E-state index contributed by atoms with van der Waals surface area (Å²) in [4.78, 5) is 1.11. The average Bonchev–Trinajstić information content (AvgIpc) is 2.64. The fourth-order valence-electron chi connectivity index (χ4n) is 2.48. The van der Waals surface area contributed by atoms with Gasteiger partial charge in [-0.25, -0.2) is 0 Å². The third-order valence-corrected chi connectivity index (χ3v) is 5.07. The molecular weight excluding hydrogens is 272 g/mol. The van der Waals surface area contributed by atoms with Crippen molar-refractivity contribution in [1.29, 1.82) is 0 Å². The van der Waals surface area contributed by atoms with Gasteiger partial charge in [0.05, 0.1) is 6.10 Å². The quantitative estimate of drug-likeness (QED) is 0.857. The SMILES string of the molecule is CC1CCCC(C(O)c2cc(Br)cs2)C1. The molecule has 0 bridgehead atoms. The summed E-state index contributed by atoms with van der Waals surface area (Å²) in [5, 5.41) is 12.3. The van der Waals surface area contributed by atoms with E-state index in [0.717, 1.165) is 15.3 Å². The molecule has 1 aliphatic carbocycles. The fourth-order valence-corrected chi connectivity index (χ4v) is 4.01. The van der Waals surface area contributed by atoms with Crippen LogP contribution in [0.2, 0.25) is 0 Å². The minimum absolute atomic E-state index is 0.246. The monoisotopic (exact) mass is 288 g/mol. The lowest BCUT2D eigenvalue weighted by molar-refractivity contribution is 0.0742. The van der Waals surface area contributed by atoms with E-state index in [4.69, 9.17) is 0 Å². The van der Waals surface area contributed by atoms with Gasteiger partial charge < -0.3 is 5.11 Å². The van der Waals surface area contributed by atoms with Crippen molar-refractivity contribution in [3.8, 4) is 0 Å². The van der Waals surface area contributed by atoms with Gasteiger partial charge in [0.15, 0.2) is 0 Å². The highest BCUT2D eigenvalue weighted by atomic mass is 79.9. The molecule has 3 atom stereocenters. The molecule has 1 nitrogen and oxygen atoms in total. The van der Waals surface area contributed by atoms with Crippen molar-refractivity contribution in [2.75, 3.05) is 0 Å². The van der Waals surface area contributed by atoms with E-state index in [9.17, 15) is 5.11 Å². The van der Waals surface area contributed by atoms with Crippen LogP contribution < -0.4 is 0 Å². The minimum Gasteiger partial charge on any atom is -0.387 e. The Morgan fingerprint density at radius 1 is 1.53 bits per heavy atom. The Labute approximate surface area is 104 Å². The van der Waals surface area contributed by atoms with Gasteiger partial charge in [0.1, 0.15) is 0 Å². The van der Waals surface area contributed by atoms with Crippen LogP contribution >= 0.6 is 27.3 Å². The minimum atomic E-state index is -0.246. The van der Waals surface area contributed by atoms with Crippen molar-refractivity contribution in [3.05, 3.63) is 20.8 Å². The predicted octanol–water partition coefficient (Wildman–Crippen LogP) is 4.37. The molecule has 1 N–H and O–H groups in total. The summed E-state index contributed by atoms with van der Waals surface area (Å²) in [6, 6.07) is 2.05. The van der Waals surface area contributed by atoms with E-state index in [1.54, 1.807) is 11.3 Å². The van der Waals surface area contributed by atoms with Gasteiger partial charge in [-0.05, 0) is 46.7 Å². The summed E-state index contributed by atoms with van der Waals surface area (Å²) in [5.41, 5.74) is 0. The van der Waals surface area contributed by atoms with E-state index in [2.05, 4.69) is 28.9 Å². The molecule has 3 heteroatoms. The first-order valence-corrected chi connectivity index (χ1v) is 7.26. The summed E-state index contributed by atoms with van der Waals surface area (Å²) in [5.74, 6) is 1.25. The van der Waals surface area contributed by atoms with Gasteiger partial charge in [-0.15, -0.1) is 11.3 Å². The Balaban J connectivity index is 2.03. The fraction of sp³-hybridized carbons (Fsp3) is 0.667. The van der Waals surface area contributed by atoms with E-state index in [1.807, 2.05) is 5.38 Å². The molecule has 0 aliphatic heterocycles. The Kier molecular flexibility index (Phi) is 3.86. The number of aliphatic hydroxyl groups excluding tert-OH is 1. The van der Waals surface area contributed by atoms with Crippen LogP contribution in [0.25, 0.3) is 0 Å². The average molecular weight is 289 g/mol. The highest BCUT2D eigenvalue weighted by Crippen LogP contribution is 2.39. The molecule has 2 rings (SSSR count). The summed E-state index contributed by atoms with van der Waals surface area (Å²) < 4.78 is 1.09. The van der Waals surface area contributed by atoms with Crippen molar-refractivity contribution < 1.29 is 5.11 Å². The van der Waals surface area contributed by atoms with Crippen molar-refractivity contribution in [2.24, 2.45) is 11.8 Å². The van der Waals surface area contributed by atoms with Gasteiger partial charge in [-0.3, -0.25) is 0 Å². The third kappa shape index (κ3) is 2.83. The molecule has 0 radical (unpaired) electrons. The zero-order valence-corrected chi connectivity index (χ0v) is 11.4. The molecule has 3 unspecified atom stereocenters. The van der Waals surface area contributed by atoms with Crippen LogP contribution in [0.4, 0.5) is 0 Å². The highest BCUT2D eigenvalue weighted by Gasteiger charge is 2.27. The number of thiophene rings is 1. The molecule has 1 aromatic rings. The normalized spacial score (nSPS) is 29.0. The highest BCUT2D eigenvalue weighted by molar-refractivity contribution is 9.10. The van der Waals surface area contributed by atoms with Crippen molar-refractivity contribution in [2.45, 2.75) is 38.7 Å². The first kappa shape index (κ1) is 11.6. The Morgan fingerprint density at radius 3 is 2.93 bits per heavy atom. The largest absolute Gasteiger partial charge is 0.387 e. The zero-order valence-electron chi connectivity index (χ0n) is 8.95. The number of halogens is 1. The summed E-state index contributed by atoms with van der Waals surface area (Å²) >= 11 is 5.09. The second-order valence-electron chi connectivity index (χ2n) is 4.64. The topological polar surface area (TPSA) is 20.2 Å². The number of hydrogen-bond acceptors (Lipinski definition) is 2. The van der Waals surface area contributed by atoms with Gasteiger partial charge in [-0.2, -0.15) is 0 Å². The smallest absolute Gasteiger partial charge is 0.0910 e. The van der Waals surface area contributed by atoms with E-state index in [-0.39, 0.29) is 6.10 Å². The van der Waals surface area contributed by atoms with E-state index >= 15 is 0 Å². The molecule has 1 fully saturated rings. The van der Waals surface area contributed by atoms with Gasteiger partial charge in [0.2, 0.25) is 0 Å². The summed E-state index contributed by atoms with van der Waals surface area (Å²) in [6.45, 7) is 2.29. The van der Waals surface area contributed by atoms with Gasteiger partial charge in [-0.1, -0.05) is 19.8 Å². The second-order valence-corrected chi connectivity index (χ2v) is 6.50. The summed E-state index contributed by atoms with van der Waals surface area (Å²) in [7, 11) is 0. The molecule has 1 heterocycles. The van der Waals surface area contributed by atoms with Crippen LogP contribution in [-0.2, 0) is 0 Å². The van der Waals surface area contributed by atoms with E-state index in [1.165, 1.54) is 25.7 Å². The van der Waals surface area contributed by atoms with Crippen LogP contribution in [0.1, 0.15) is 43.6 Å². The first-order valence-electron chi connectivity index (χ1n) is 5.59. The van der Waals surface area contributed by atoms with Crippen molar-refractivity contribution in [1.82, 2.24) is 0 Å². The molecule has 0 amide bonds. The Morgan fingerprint density at radius 2 is 2.33 bits per heavy atom. The van der Waals surface area contributed by atoms with Crippen LogP contribution in [0, 0.1) is 11.8 Å². The first-order chi connectivity index (χ1) is 7.16. The Bertz CT molecular complexity index is 323. The lowest BCUT2D eigenvalue weighted by Crippen LogP contribution is -2.19. The van der Waals surface area contributed by atoms with Crippen LogP contribution in [-0.4, -0.2) is 5.11 Å². The Hall–Kier alpha value is 0.140. The maximum absolute atomic E-state index is 10.3. The van der Waals surface area contributed by atoms with Crippen LogP contribution in [0.5, 0.6) is 0 Å². The maximum atomic E-state index is 10.3. The van der Waals surface area contributed by atoms with Gasteiger partial charge in [0.25, 0.3) is 0 Å². The summed E-state index contributed by atoms with van der Waals surface area (Å²) in [6.07, 6.45) is 4.72. The van der Waals surface area contributed by atoms with Gasteiger partial charge >= 0.3 is 0 Å². The molecule has 0 saturated heterocycles. The molecular formula is C12H17BrOS. The van der Waals surface area contributed by atoms with E-state index in [0.29, 0.717) is 5.92 Å². The zero-order chi connectivity index (χ0) is 10.8. The standard InChI is InChI=1S/C12H17BrOS/c1-8-3-2-4-9(5-8)12(14)11-6-10(13)7-15-11/h6-9,12,14H,2-5H2,1H3. The predicted molar refractivity (Wildman–Crippen MR) is 68.1 cm³/mol. The van der Waals surface area contributed by atoms with Crippen LogP contribution in [0.3, 0.4) is 0 Å². The van der Waals surface area contributed by atoms with E-state index < -0.39 is 0 Å². The van der Waals surface area contributed by atoms with Crippen molar-refractivity contribution >= 4 is 27.3 Å². The molecule has 0 spiro atoms.